The molecule has 0 spiro atoms. The highest BCUT2D eigenvalue weighted by atomic mass is 16.5. The third kappa shape index (κ3) is 46.5. The maximum Gasteiger partial charge on any atom is 0.326 e. The second-order valence-electron chi connectivity index (χ2n) is 15.9. The van der Waals surface area contributed by atoms with E-state index in [0.29, 0.717) is 52.1 Å². The van der Waals surface area contributed by atoms with Crippen LogP contribution in [0, 0.1) is 0 Å². The fraction of sp³-hybridized carbons (Fsp3) is 0.848. The Labute approximate surface area is 376 Å². The smallest absolute Gasteiger partial charge is 0.326 e. The molecule has 0 aliphatic carbocycles. The number of amides is 2. The van der Waals surface area contributed by atoms with E-state index in [1.165, 1.54) is 64.7 Å². The van der Waals surface area contributed by atoms with Crippen molar-refractivity contribution >= 4 is 41.1 Å². The first kappa shape index (κ1) is 59.6. The summed E-state index contributed by atoms with van der Waals surface area (Å²) in [5.41, 5.74) is 0. The molecule has 0 fully saturated rings. The Morgan fingerprint density at radius 1 is 0.413 bits per heavy atom. The summed E-state index contributed by atoms with van der Waals surface area (Å²) in [5, 5.41) is 23.4. The van der Waals surface area contributed by atoms with Crippen LogP contribution in [0.1, 0.15) is 161 Å². The van der Waals surface area contributed by atoms with E-state index in [1.54, 1.807) is 0 Å². The van der Waals surface area contributed by atoms with Gasteiger partial charge in [0.05, 0.1) is 46.2 Å². The number of carboxylic acids is 2. The maximum absolute atomic E-state index is 12.4. The summed E-state index contributed by atoms with van der Waals surface area (Å²) in [6.07, 6.45) is 20.2. The van der Waals surface area contributed by atoms with Crippen molar-refractivity contribution < 1.29 is 72.2 Å². The summed E-state index contributed by atoms with van der Waals surface area (Å²) in [6, 6.07) is -1.10. The van der Waals surface area contributed by atoms with Gasteiger partial charge in [-0.1, -0.05) is 89.9 Å². The second kappa shape index (κ2) is 45.2. The molecule has 4 N–H and O–H groups in total. The molecule has 63 heavy (non-hydrogen) atoms. The number of carbonyl (C=O) groups is 7. The second-order valence-corrected chi connectivity index (χ2v) is 15.9. The number of ether oxygens (including phenoxy) is 6. The van der Waals surface area contributed by atoms with Crippen LogP contribution in [0.3, 0.4) is 0 Å². The van der Waals surface area contributed by atoms with E-state index in [4.69, 9.17) is 33.5 Å². The standard InChI is InChI=1S/C46H82N2O15/c1-39(49)36-61-33-30-59-28-19-21-41(51)37-62-34-32-60-29-26-47-44(53)38-63-35-31-58-27-18-20-40(50)24-25-42(46(56)57)48-43(52)22-16-14-12-10-8-6-4-2-3-5-7-9-11-13-15-17-23-45(54)55/h42H,2-38H2,1H3,(H,47,53)(H,48,52)(H,54,55)(H,56,57)/t42-/m0/s1. The molecule has 0 unspecified atom stereocenters. The molecule has 17 nitrogen and oxygen atoms in total. The number of carbonyl (C=O) groups excluding carboxylic acids is 5. The average molecular weight is 903 g/mol. The van der Waals surface area contributed by atoms with E-state index in [-0.39, 0.29) is 121 Å². The number of nitrogens with one attached hydrogen (secondary N) is 2. The van der Waals surface area contributed by atoms with Crippen molar-refractivity contribution in [1.82, 2.24) is 10.6 Å². The third-order valence-electron chi connectivity index (χ3n) is 9.86. The molecule has 0 radical (unpaired) electrons. The molecule has 0 rings (SSSR count). The van der Waals surface area contributed by atoms with Crippen LogP contribution in [0.15, 0.2) is 0 Å². The normalized spacial score (nSPS) is 11.6. The number of carboxylic acid groups (broad SMARTS) is 2. The van der Waals surface area contributed by atoms with E-state index in [9.17, 15) is 38.7 Å². The van der Waals surface area contributed by atoms with Crippen molar-refractivity contribution in [2.45, 2.75) is 167 Å². The summed E-state index contributed by atoms with van der Waals surface area (Å²) in [5.74, 6) is -2.64. The van der Waals surface area contributed by atoms with E-state index in [1.807, 2.05) is 0 Å². The lowest BCUT2D eigenvalue weighted by Crippen LogP contribution is -2.41. The Balaban J connectivity index is 3.61. The van der Waals surface area contributed by atoms with Crippen LogP contribution in [-0.2, 0) is 62.0 Å². The molecule has 0 aromatic heterocycles. The fourth-order valence-corrected chi connectivity index (χ4v) is 6.35. The van der Waals surface area contributed by atoms with Crippen LogP contribution in [0.5, 0.6) is 0 Å². The van der Waals surface area contributed by atoms with Crippen molar-refractivity contribution in [3.8, 4) is 0 Å². The zero-order valence-corrected chi connectivity index (χ0v) is 38.4. The molecule has 0 aliphatic heterocycles. The number of rotatable bonds is 50. The van der Waals surface area contributed by atoms with Crippen molar-refractivity contribution in [3.63, 3.8) is 0 Å². The van der Waals surface area contributed by atoms with Gasteiger partial charge in [-0.3, -0.25) is 28.8 Å². The minimum atomic E-state index is -1.15. The van der Waals surface area contributed by atoms with Crippen LogP contribution in [0.4, 0.5) is 0 Å². The zero-order chi connectivity index (χ0) is 46.4. The summed E-state index contributed by atoms with van der Waals surface area (Å²) in [4.78, 5) is 81.4. The molecule has 0 aliphatic rings. The van der Waals surface area contributed by atoms with Gasteiger partial charge >= 0.3 is 11.9 Å². The number of Topliss-reactive ketones (excluding diaryl/α,β-unsaturated/α-hetero) is 3. The Morgan fingerprint density at radius 3 is 1.33 bits per heavy atom. The topological polar surface area (TPSA) is 239 Å². The first-order chi connectivity index (χ1) is 30.5. The first-order valence-corrected chi connectivity index (χ1v) is 23.5. The summed E-state index contributed by atoms with van der Waals surface area (Å²) < 4.78 is 31.9. The van der Waals surface area contributed by atoms with Crippen LogP contribution < -0.4 is 10.6 Å². The first-order valence-electron chi connectivity index (χ1n) is 23.5. The van der Waals surface area contributed by atoms with Crippen molar-refractivity contribution in [3.05, 3.63) is 0 Å². The largest absolute Gasteiger partial charge is 0.481 e. The van der Waals surface area contributed by atoms with Crippen LogP contribution >= 0.6 is 0 Å². The number of ketones is 3. The number of hydrogen-bond donors (Lipinski definition) is 4. The Hall–Kier alpha value is -3.35. The Morgan fingerprint density at radius 2 is 0.841 bits per heavy atom. The molecule has 0 bridgehead atoms. The molecule has 0 aromatic rings. The maximum atomic E-state index is 12.4. The van der Waals surface area contributed by atoms with E-state index < -0.39 is 18.0 Å². The van der Waals surface area contributed by atoms with Gasteiger partial charge < -0.3 is 49.3 Å². The predicted molar refractivity (Wildman–Crippen MR) is 237 cm³/mol. The summed E-state index contributed by atoms with van der Waals surface area (Å²) in [7, 11) is 0. The van der Waals surface area contributed by atoms with Gasteiger partial charge in [-0.2, -0.15) is 0 Å². The van der Waals surface area contributed by atoms with Gasteiger partial charge in [0.2, 0.25) is 11.8 Å². The molecule has 0 aromatic carbocycles. The fourth-order valence-electron chi connectivity index (χ4n) is 6.35. The van der Waals surface area contributed by atoms with Gasteiger partial charge in [-0.05, 0) is 39.0 Å². The molecule has 366 valence electrons. The lowest BCUT2D eigenvalue weighted by atomic mass is 10.0. The molecular formula is C46H82N2O15. The molecule has 1 atom stereocenters. The lowest BCUT2D eigenvalue weighted by molar-refractivity contribution is -0.142. The SMILES string of the molecule is CC(=O)COCCOCCCC(=O)COCCOCCNC(=O)COCCOCCCC(=O)CC[C@H](NC(=O)CCCCCCCCCCCCCCCCCCC(=O)O)C(=O)O. The molecule has 0 saturated carbocycles. The number of unbranched alkanes of at least 4 members (excludes halogenated alkanes) is 15. The summed E-state index contributed by atoms with van der Waals surface area (Å²) in [6.45, 7) is 4.35. The highest BCUT2D eigenvalue weighted by Crippen LogP contribution is 2.15. The monoisotopic (exact) mass is 903 g/mol. The minimum Gasteiger partial charge on any atom is -0.481 e. The average Bonchev–Trinajstić information content (AvgIpc) is 3.24. The van der Waals surface area contributed by atoms with Crippen LogP contribution in [-0.4, -0.2) is 143 Å². The highest BCUT2D eigenvalue weighted by molar-refractivity contribution is 5.84. The minimum absolute atomic E-state index is 0.00754. The third-order valence-corrected chi connectivity index (χ3v) is 9.86. The van der Waals surface area contributed by atoms with Crippen LogP contribution in [0.25, 0.3) is 0 Å². The van der Waals surface area contributed by atoms with E-state index in [0.717, 1.165) is 38.5 Å². The lowest BCUT2D eigenvalue weighted by Gasteiger charge is -2.14. The molecule has 0 saturated heterocycles. The van der Waals surface area contributed by atoms with E-state index in [2.05, 4.69) is 10.6 Å². The predicted octanol–water partition coefficient (Wildman–Crippen LogP) is 5.95. The van der Waals surface area contributed by atoms with Gasteiger partial charge in [-0.15, -0.1) is 0 Å². The number of aliphatic carboxylic acids is 2. The zero-order valence-electron chi connectivity index (χ0n) is 38.4. The molecule has 2 amide bonds. The van der Waals surface area contributed by atoms with Gasteiger partial charge in [0, 0.05) is 51.9 Å². The van der Waals surface area contributed by atoms with Crippen molar-refractivity contribution in [2.24, 2.45) is 0 Å². The van der Waals surface area contributed by atoms with Gasteiger partial charge in [0.1, 0.15) is 31.6 Å². The van der Waals surface area contributed by atoms with Gasteiger partial charge in [-0.25, -0.2) is 4.79 Å². The summed E-state index contributed by atoms with van der Waals surface area (Å²) >= 11 is 0. The van der Waals surface area contributed by atoms with Gasteiger partial charge in [0.25, 0.3) is 0 Å². The number of hydrogen-bond acceptors (Lipinski definition) is 13. The molecule has 0 heterocycles. The Kier molecular flexibility index (Phi) is 42.8. The Bertz CT molecular complexity index is 1200. The van der Waals surface area contributed by atoms with Crippen molar-refractivity contribution in [2.75, 3.05) is 85.8 Å². The molecular weight excluding hydrogens is 821 g/mol. The molecule has 17 heteroatoms. The van der Waals surface area contributed by atoms with Crippen molar-refractivity contribution in [1.29, 1.82) is 0 Å². The highest BCUT2D eigenvalue weighted by Gasteiger charge is 2.20. The van der Waals surface area contributed by atoms with Crippen LogP contribution in [0.2, 0.25) is 0 Å². The van der Waals surface area contributed by atoms with Gasteiger partial charge in [0.15, 0.2) is 11.6 Å². The quantitative estimate of drug-likeness (QED) is 0.0516. The van der Waals surface area contributed by atoms with E-state index >= 15 is 0 Å².